The molecule has 0 heterocycles. The van der Waals surface area contributed by atoms with E-state index in [-0.39, 0.29) is 10.9 Å². The Labute approximate surface area is 149 Å². The predicted octanol–water partition coefficient (Wildman–Crippen LogP) is 3.85. The van der Waals surface area contributed by atoms with Gasteiger partial charge in [-0.1, -0.05) is 31.8 Å². The third-order valence-electron chi connectivity index (χ3n) is 3.54. The monoisotopic (exact) mass is 407 g/mol. The lowest BCUT2D eigenvalue weighted by Gasteiger charge is -2.24. The summed E-state index contributed by atoms with van der Waals surface area (Å²) in [6, 6.07) is 7.84. The Balaban J connectivity index is 2.68. The van der Waals surface area contributed by atoms with Gasteiger partial charge in [-0.2, -0.15) is 21.6 Å². The molecule has 0 amide bonds. The summed E-state index contributed by atoms with van der Waals surface area (Å²) in [5.41, 5.74) is 1.34. The van der Waals surface area contributed by atoms with E-state index >= 15 is 0 Å². The van der Waals surface area contributed by atoms with Gasteiger partial charge in [0.2, 0.25) is 0 Å². The van der Waals surface area contributed by atoms with Crippen LogP contribution in [0.25, 0.3) is 11.1 Å². The highest BCUT2D eigenvalue weighted by atomic mass is 32.2. The molecule has 0 aliphatic rings. The topological polar surface area (TPSA) is 69.4 Å². The Bertz CT molecular complexity index is 920. The minimum Gasteiger partial charge on any atom is -0.399 e. The fourth-order valence-corrected chi connectivity index (χ4v) is 4.82. The molecule has 4 nitrogen and oxygen atoms in total. The zero-order valence-electron chi connectivity index (χ0n) is 14.2. The van der Waals surface area contributed by atoms with Crippen molar-refractivity contribution in [1.82, 2.24) is 0 Å². The third kappa shape index (κ3) is 4.18. The summed E-state index contributed by atoms with van der Waals surface area (Å²) in [4.78, 5) is 0. The Morgan fingerprint density at radius 1 is 1.00 bits per heavy atom. The van der Waals surface area contributed by atoms with Gasteiger partial charge in [-0.05, 0) is 35.4 Å². The standard InChI is InChI=1S/C16H17F4NO3SSi/c1-26(2,3)15-13(21)8-11(10-4-6-12(17)7-5-10)9-14(15)24-25(22,23)16(18,19)20/h4-9H,21H2,1-3H3. The minimum absolute atomic E-state index is 0.123. The minimum atomic E-state index is -5.85. The van der Waals surface area contributed by atoms with Crippen LogP contribution in [0.15, 0.2) is 36.4 Å². The molecule has 0 fully saturated rings. The van der Waals surface area contributed by atoms with Gasteiger partial charge in [0.05, 0.1) is 8.07 Å². The van der Waals surface area contributed by atoms with Crippen LogP contribution in [-0.4, -0.2) is 22.0 Å². The van der Waals surface area contributed by atoms with Crippen LogP contribution in [-0.2, 0) is 10.1 Å². The molecule has 2 aromatic rings. The van der Waals surface area contributed by atoms with Crippen molar-refractivity contribution < 1.29 is 30.2 Å². The van der Waals surface area contributed by atoms with Crippen LogP contribution in [0.1, 0.15) is 0 Å². The maximum absolute atomic E-state index is 13.1. The number of rotatable bonds is 4. The fourth-order valence-electron chi connectivity index (χ4n) is 2.48. The summed E-state index contributed by atoms with van der Waals surface area (Å²) >= 11 is 0. The number of hydrogen-bond acceptors (Lipinski definition) is 4. The molecule has 0 aliphatic carbocycles. The first kappa shape index (κ1) is 20.2. The van der Waals surface area contributed by atoms with Gasteiger partial charge in [0, 0.05) is 10.9 Å². The van der Waals surface area contributed by atoms with Crippen molar-refractivity contribution in [3.05, 3.63) is 42.2 Å². The Hall–Kier alpha value is -2.07. The van der Waals surface area contributed by atoms with Gasteiger partial charge in [-0.15, -0.1) is 0 Å². The first-order valence-corrected chi connectivity index (χ1v) is 12.3. The molecule has 10 heteroatoms. The molecular formula is C16H17F4NO3SSi. The highest BCUT2D eigenvalue weighted by Crippen LogP contribution is 2.32. The molecular weight excluding hydrogens is 390 g/mol. The molecule has 2 rings (SSSR count). The molecule has 2 N–H and O–H groups in total. The van der Waals surface area contributed by atoms with Gasteiger partial charge in [-0.3, -0.25) is 0 Å². The van der Waals surface area contributed by atoms with E-state index < -0.39 is 35.3 Å². The number of benzene rings is 2. The van der Waals surface area contributed by atoms with Crippen LogP contribution in [0.3, 0.4) is 0 Å². The zero-order chi connectivity index (χ0) is 19.9. The van der Waals surface area contributed by atoms with Crippen molar-refractivity contribution in [3.8, 4) is 16.9 Å². The molecule has 0 aliphatic heterocycles. The molecule has 0 atom stereocenters. The van der Waals surface area contributed by atoms with Gasteiger partial charge in [0.25, 0.3) is 0 Å². The van der Waals surface area contributed by atoms with Crippen molar-refractivity contribution in [3.63, 3.8) is 0 Å². The van der Waals surface area contributed by atoms with Crippen molar-refractivity contribution in [1.29, 1.82) is 0 Å². The maximum Gasteiger partial charge on any atom is 0.534 e. The number of nitrogens with two attached hydrogens (primary N) is 1. The SMILES string of the molecule is C[Si](C)(C)c1c(N)cc(-c2ccc(F)cc2)cc1OS(=O)(=O)C(F)(F)F. The lowest BCUT2D eigenvalue weighted by Crippen LogP contribution is -2.42. The normalized spacial score (nSPS) is 12.9. The smallest absolute Gasteiger partial charge is 0.399 e. The van der Waals surface area contributed by atoms with Gasteiger partial charge in [0.1, 0.15) is 11.6 Å². The second-order valence-corrected chi connectivity index (χ2v) is 13.2. The number of halogens is 4. The number of nitrogen functional groups attached to an aromatic ring is 1. The lowest BCUT2D eigenvalue weighted by molar-refractivity contribution is -0.0499. The van der Waals surface area contributed by atoms with Crippen LogP contribution in [0.2, 0.25) is 19.6 Å². The van der Waals surface area contributed by atoms with E-state index in [0.29, 0.717) is 11.1 Å². The van der Waals surface area contributed by atoms with Gasteiger partial charge in [-0.25, -0.2) is 4.39 Å². The maximum atomic E-state index is 13.1. The van der Waals surface area contributed by atoms with Crippen LogP contribution in [0.4, 0.5) is 23.2 Å². The molecule has 26 heavy (non-hydrogen) atoms. The molecule has 0 aromatic heterocycles. The van der Waals surface area contributed by atoms with E-state index in [0.717, 1.165) is 0 Å². The molecule has 0 bridgehead atoms. The van der Waals surface area contributed by atoms with Crippen LogP contribution in [0.5, 0.6) is 5.75 Å². The Morgan fingerprint density at radius 3 is 2.00 bits per heavy atom. The van der Waals surface area contributed by atoms with Crippen molar-refractivity contribution in [2.24, 2.45) is 0 Å². The Morgan fingerprint density at radius 2 is 1.54 bits per heavy atom. The summed E-state index contributed by atoms with van der Waals surface area (Å²) in [7, 11) is -8.21. The van der Waals surface area contributed by atoms with E-state index in [2.05, 4.69) is 4.18 Å². The van der Waals surface area contributed by atoms with Crippen molar-refractivity contribution in [2.75, 3.05) is 5.73 Å². The molecule has 142 valence electrons. The summed E-state index contributed by atoms with van der Waals surface area (Å²) in [6.07, 6.45) is 0. The molecule has 0 saturated heterocycles. The summed E-state index contributed by atoms with van der Waals surface area (Å²) in [5.74, 6) is -0.947. The van der Waals surface area contributed by atoms with Crippen molar-refractivity contribution >= 4 is 29.1 Å². The molecule has 0 unspecified atom stereocenters. The average Bonchev–Trinajstić information content (AvgIpc) is 2.44. The van der Waals surface area contributed by atoms with E-state index in [1.54, 1.807) is 19.6 Å². The van der Waals surface area contributed by atoms with Crippen LogP contribution < -0.4 is 15.1 Å². The second-order valence-electron chi connectivity index (χ2n) is 6.68. The summed E-state index contributed by atoms with van der Waals surface area (Å²) < 4.78 is 78.7. The van der Waals surface area contributed by atoms with Gasteiger partial charge >= 0.3 is 15.6 Å². The predicted molar refractivity (Wildman–Crippen MR) is 94.8 cm³/mol. The zero-order valence-corrected chi connectivity index (χ0v) is 16.0. The lowest BCUT2D eigenvalue weighted by atomic mass is 10.0. The third-order valence-corrected chi connectivity index (χ3v) is 6.54. The van der Waals surface area contributed by atoms with Crippen LogP contribution >= 0.6 is 0 Å². The molecule has 2 aromatic carbocycles. The Kier molecular flexibility index (Phi) is 5.12. The second kappa shape index (κ2) is 6.58. The summed E-state index contributed by atoms with van der Waals surface area (Å²) in [6.45, 7) is 5.38. The van der Waals surface area contributed by atoms with E-state index in [4.69, 9.17) is 5.73 Å². The summed E-state index contributed by atoms with van der Waals surface area (Å²) in [5, 5.41) is 0.260. The fraction of sp³-hybridized carbons (Fsp3) is 0.250. The highest BCUT2D eigenvalue weighted by molar-refractivity contribution is 7.88. The number of alkyl halides is 3. The first-order valence-electron chi connectivity index (χ1n) is 7.43. The largest absolute Gasteiger partial charge is 0.534 e. The molecule has 0 radical (unpaired) electrons. The molecule has 0 saturated carbocycles. The van der Waals surface area contributed by atoms with E-state index in [1.807, 2.05) is 0 Å². The molecule has 0 spiro atoms. The van der Waals surface area contributed by atoms with Crippen LogP contribution in [0, 0.1) is 5.82 Å². The number of anilines is 1. The van der Waals surface area contributed by atoms with Crippen molar-refractivity contribution in [2.45, 2.75) is 25.1 Å². The number of hydrogen-bond donors (Lipinski definition) is 1. The quantitative estimate of drug-likeness (QED) is 0.275. The van der Waals surface area contributed by atoms with Gasteiger partial charge in [0.15, 0.2) is 0 Å². The van der Waals surface area contributed by atoms with E-state index in [9.17, 15) is 26.0 Å². The highest BCUT2D eigenvalue weighted by Gasteiger charge is 2.49. The first-order chi connectivity index (χ1) is 11.7. The van der Waals surface area contributed by atoms with Gasteiger partial charge < -0.3 is 9.92 Å². The average molecular weight is 407 g/mol. The van der Waals surface area contributed by atoms with E-state index in [1.165, 1.54) is 36.4 Å².